The van der Waals surface area contributed by atoms with Crippen LogP contribution in [-0.4, -0.2) is 55.0 Å². The van der Waals surface area contributed by atoms with E-state index in [0.717, 1.165) is 5.56 Å². The van der Waals surface area contributed by atoms with E-state index < -0.39 is 6.17 Å². The van der Waals surface area contributed by atoms with Crippen LogP contribution in [0, 0.1) is 0 Å². The molecule has 184 valence electrons. The number of carbonyl (C=O) groups is 3. The Kier molecular flexibility index (Phi) is 5.97. The first-order chi connectivity index (χ1) is 17.4. The Morgan fingerprint density at radius 3 is 2.44 bits per heavy atom. The molecule has 0 radical (unpaired) electrons. The Morgan fingerprint density at radius 1 is 0.972 bits per heavy atom. The number of anilines is 1. The first-order valence-corrected chi connectivity index (χ1v) is 11.5. The third-order valence-electron chi connectivity index (χ3n) is 6.47. The first-order valence-electron chi connectivity index (χ1n) is 11.5. The summed E-state index contributed by atoms with van der Waals surface area (Å²) in [7, 11) is 2.95. The lowest BCUT2D eigenvalue weighted by Crippen LogP contribution is -2.51. The van der Waals surface area contributed by atoms with Crippen LogP contribution in [0.5, 0.6) is 17.2 Å². The van der Waals surface area contributed by atoms with Gasteiger partial charge in [0.05, 0.1) is 31.0 Å². The molecule has 5 rings (SSSR count). The molecule has 0 fully saturated rings. The lowest BCUT2D eigenvalue weighted by atomic mass is 10.0. The number of aromatic hydroxyl groups is 1. The summed E-state index contributed by atoms with van der Waals surface area (Å²) in [6, 6.07) is 17.0. The summed E-state index contributed by atoms with van der Waals surface area (Å²) in [6.45, 7) is 0.127. The van der Waals surface area contributed by atoms with Crippen molar-refractivity contribution in [3.63, 3.8) is 0 Å². The second kappa shape index (κ2) is 9.26. The zero-order valence-corrected chi connectivity index (χ0v) is 19.9. The van der Waals surface area contributed by atoms with Crippen LogP contribution < -0.4 is 19.7 Å². The summed E-state index contributed by atoms with van der Waals surface area (Å²) in [5.41, 5.74) is 2.66. The van der Waals surface area contributed by atoms with E-state index in [2.05, 4.69) is 5.32 Å². The fourth-order valence-electron chi connectivity index (χ4n) is 4.81. The molecule has 0 saturated carbocycles. The average molecular weight is 488 g/mol. The van der Waals surface area contributed by atoms with Crippen molar-refractivity contribution >= 4 is 23.4 Å². The minimum absolute atomic E-state index is 0.178. The molecule has 1 unspecified atom stereocenters. The van der Waals surface area contributed by atoms with Gasteiger partial charge in [0.15, 0.2) is 11.5 Å². The van der Waals surface area contributed by atoms with E-state index in [1.807, 2.05) is 0 Å². The number of para-hydroxylation sites is 1. The number of phenolic OH excluding ortho intramolecular Hbond substituents is 1. The number of phenols is 1. The monoisotopic (exact) mass is 487 g/mol. The maximum Gasteiger partial charge on any atom is 0.264 e. The number of ether oxygens (including phenoxy) is 2. The summed E-state index contributed by atoms with van der Waals surface area (Å²) in [6.07, 6.45) is -0.228. The largest absolute Gasteiger partial charge is 0.508 e. The molecule has 9 heteroatoms. The Morgan fingerprint density at radius 2 is 1.72 bits per heavy atom. The normalized spacial score (nSPS) is 15.8. The maximum absolute atomic E-state index is 13.7. The molecular formula is C27H25N3O6. The second-order valence-corrected chi connectivity index (χ2v) is 8.53. The highest BCUT2D eigenvalue weighted by Crippen LogP contribution is 2.49. The predicted octanol–water partition coefficient (Wildman–Crippen LogP) is 2.88. The van der Waals surface area contributed by atoms with Gasteiger partial charge < -0.3 is 24.8 Å². The Hall–Kier alpha value is -4.53. The van der Waals surface area contributed by atoms with Gasteiger partial charge in [-0.15, -0.1) is 0 Å². The van der Waals surface area contributed by atoms with Crippen molar-refractivity contribution < 1.29 is 29.0 Å². The van der Waals surface area contributed by atoms with Gasteiger partial charge in [0, 0.05) is 12.1 Å². The first kappa shape index (κ1) is 23.2. The summed E-state index contributed by atoms with van der Waals surface area (Å²) in [5, 5.41) is 12.3. The molecule has 9 nitrogen and oxygen atoms in total. The molecule has 3 aromatic carbocycles. The summed E-state index contributed by atoms with van der Waals surface area (Å²) in [5.74, 6) is -0.140. The second-order valence-electron chi connectivity index (χ2n) is 8.53. The number of fused-ring (bicyclic) bond motifs is 5. The van der Waals surface area contributed by atoms with Gasteiger partial charge in [-0.1, -0.05) is 30.3 Å². The SMILES string of the molecule is COc1ccc2c(c1OC)C(=O)N1c3ccccc3C(=O)N(CC(=O)NCCc3ccc(O)cc3)C21. The molecule has 0 aromatic heterocycles. The molecule has 2 aliphatic rings. The molecule has 2 N–H and O–H groups in total. The lowest BCUT2D eigenvalue weighted by molar-refractivity contribution is -0.122. The minimum Gasteiger partial charge on any atom is -0.508 e. The van der Waals surface area contributed by atoms with Crippen LogP contribution in [0.3, 0.4) is 0 Å². The molecule has 0 spiro atoms. The highest BCUT2D eigenvalue weighted by Gasteiger charge is 2.50. The molecule has 0 aliphatic carbocycles. The van der Waals surface area contributed by atoms with E-state index in [9.17, 15) is 19.5 Å². The molecule has 36 heavy (non-hydrogen) atoms. The van der Waals surface area contributed by atoms with E-state index in [4.69, 9.17) is 9.47 Å². The smallest absolute Gasteiger partial charge is 0.264 e. The van der Waals surface area contributed by atoms with Crippen molar-refractivity contribution in [2.75, 3.05) is 32.2 Å². The van der Waals surface area contributed by atoms with Crippen LogP contribution in [0.1, 0.15) is 38.0 Å². The van der Waals surface area contributed by atoms with Crippen molar-refractivity contribution in [1.82, 2.24) is 10.2 Å². The quantitative estimate of drug-likeness (QED) is 0.531. The van der Waals surface area contributed by atoms with Gasteiger partial charge in [0.1, 0.15) is 18.5 Å². The van der Waals surface area contributed by atoms with E-state index >= 15 is 0 Å². The van der Waals surface area contributed by atoms with Gasteiger partial charge in [0.2, 0.25) is 5.91 Å². The highest BCUT2D eigenvalue weighted by molar-refractivity contribution is 6.18. The number of hydrogen-bond donors (Lipinski definition) is 2. The van der Waals surface area contributed by atoms with Crippen LogP contribution in [0.15, 0.2) is 60.7 Å². The van der Waals surface area contributed by atoms with Crippen molar-refractivity contribution in [2.45, 2.75) is 12.6 Å². The highest BCUT2D eigenvalue weighted by atomic mass is 16.5. The van der Waals surface area contributed by atoms with Crippen molar-refractivity contribution in [1.29, 1.82) is 0 Å². The van der Waals surface area contributed by atoms with Crippen LogP contribution in [-0.2, 0) is 11.2 Å². The van der Waals surface area contributed by atoms with E-state index in [-0.39, 0.29) is 35.8 Å². The molecule has 1 atom stereocenters. The fourth-order valence-corrected chi connectivity index (χ4v) is 4.81. The van der Waals surface area contributed by atoms with Crippen molar-refractivity contribution in [3.8, 4) is 17.2 Å². The van der Waals surface area contributed by atoms with Crippen molar-refractivity contribution in [2.24, 2.45) is 0 Å². The summed E-state index contributed by atoms with van der Waals surface area (Å²) in [4.78, 5) is 43.1. The number of rotatable bonds is 7. The number of amides is 3. The van der Waals surface area contributed by atoms with E-state index in [0.29, 0.717) is 41.1 Å². The Labute approximate surface area is 207 Å². The number of carbonyl (C=O) groups excluding carboxylic acids is 3. The zero-order valence-electron chi connectivity index (χ0n) is 19.9. The van der Waals surface area contributed by atoms with Gasteiger partial charge in [-0.3, -0.25) is 19.3 Å². The predicted molar refractivity (Wildman–Crippen MR) is 131 cm³/mol. The summed E-state index contributed by atoms with van der Waals surface area (Å²) >= 11 is 0. The molecular weight excluding hydrogens is 462 g/mol. The maximum atomic E-state index is 13.7. The van der Waals surface area contributed by atoms with Gasteiger partial charge >= 0.3 is 0 Å². The fraction of sp³-hybridized carbons (Fsp3) is 0.222. The molecule has 2 heterocycles. The van der Waals surface area contributed by atoms with Gasteiger partial charge in [0.25, 0.3) is 11.8 Å². The number of benzene rings is 3. The van der Waals surface area contributed by atoms with Crippen LogP contribution in [0.4, 0.5) is 5.69 Å². The van der Waals surface area contributed by atoms with Crippen LogP contribution in [0.2, 0.25) is 0 Å². The van der Waals surface area contributed by atoms with Gasteiger partial charge in [-0.2, -0.15) is 0 Å². The summed E-state index contributed by atoms with van der Waals surface area (Å²) < 4.78 is 10.9. The zero-order chi connectivity index (χ0) is 25.4. The van der Waals surface area contributed by atoms with Crippen molar-refractivity contribution in [3.05, 3.63) is 82.9 Å². The topological polar surface area (TPSA) is 108 Å². The Bertz CT molecular complexity index is 1350. The van der Waals surface area contributed by atoms with Gasteiger partial charge in [-0.25, -0.2) is 0 Å². The molecule has 0 saturated heterocycles. The third kappa shape index (κ3) is 3.78. The number of nitrogens with zero attached hydrogens (tertiary/aromatic N) is 2. The minimum atomic E-state index is -0.794. The number of nitrogens with one attached hydrogen (secondary N) is 1. The standard InChI is InChI=1S/C27H25N3O6/c1-35-21-12-11-19-23(24(21)36-2)27(34)30-20-6-4-3-5-18(20)26(33)29(25(19)30)15-22(32)28-14-13-16-7-9-17(31)10-8-16/h3-12,25,31H,13-15H2,1-2H3,(H,28,32). The van der Waals surface area contributed by atoms with Crippen LogP contribution >= 0.6 is 0 Å². The van der Waals surface area contributed by atoms with E-state index in [1.54, 1.807) is 60.7 Å². The molecule has 0 bridgehead atoms. The molecule has 2 aliphatic heterocycles. The van der Waals surface area contributed by atoms with Gasteiger partial charge in [-0.05, 0) is 42.3 Å². The Balaban J connectivity index is 1.45. The number of methoxy groups -OCH3 is 2. The van der Waals surface area contributed by atoms with E-state index in [1.165, 1.54) is 24.0 Å². The average Bonchev–Trinajstić information content (AvgIpc) is 3.19. The molecule has 3 aromatic rings. The van der Waals surface area contributed by atoms with Crippen LogP contribution in [0.25, 0.3) is 0 Å². The third-order valence-corrected chi connectivity index (χ3v) is 6.47. The lowest BCUT2D eigenvalue weighted by Gasteiger charge is -2.40. The molecule has 3 amide bonds. The number of hydrogen-bond acceptors (Lipinski definition) is 6.